The van der Waals surface area contributed by atoms with Gasteiger partial charge in [0.1, 0.15) is 5.82 Å². The van der Waals surface area contributed by atoms with E-state index in [1.165, 1.54) is 18.4 Å². The number of rotatable bonds is 1. The first-order chi connectivity index (χ1) is 7.16. The summed E-state index contributed by atoms with van der Waals surface area (Å²) < 4.78 is 1.09. The molecular weight excluding hydrogens is 252 g/mol. The normalized spacial score (nSPS) is 18.2. The number of aryl methyl sites for hydroxylation is 1. The Morgan fingerprint density at radius 2 is 2.07 bits per heavy atom. The summed E-state index contributed by atoms with van der Waals surface area (Å²) >= 11 is 3.48. The minimum atomic E-state index is 0.873. The smallest absolute Gasteiger partial charge is 0.128 e. The Hall–Kier alpha value is -0.570. The number of anilines is 1. The maximum Gasteiger partial charge on any atom is 0.128 e. The van der Waals surface area contributed by atoms with Crippen molar-refractivity contribution in [3.63, 3.8) is 0 Å². The Morgan fingerprint density at radius 3 is 2.67 bits per heavy atom. The van der Waals surface area contributed by atoms with Crippen molar-refractivity contribution in [3.05, 3.63) is 22.3 Å². The van der Waals surface area contributed by atoms with E-state index in [1.54, 1.807) is 0 Å². The summed E-state index contributed by atoms with van der Waals surface area (Å²) in [6.07, 6.45) is 4.48. The molecule has 0 N–H and O–H groups in total. The van der Waals surface area contributed by atoms with Gasteiger partial charge in [-0.15, -0.1) is 0 Å². The molecule has 0 aliphatic carbocycles. The number of hydrogen-bond acceptors (Lipinski definition) is 2. The lowest BCUT2D eigenvalue weighted by atomic mass is 9.99. The van der Waals surface area contributed by atoms with Gasteiger partial charge < -0.3 is 4.90 Å². The van der Waals surface area contributed by atoms with Crippen LogP contribution in [-0.4, -0.2) is 18.1 Å². The molecule has 2 rings (SSSR count). The zero-order valence-corrected chi connectivity index (χ0v) is 10.9. The van der Waals surface area contributed by atoms with E-state index >= 15 is 0 Å². The quantitative estimate of drug-likeness (QED) is 0.776. The van der Waals surface area contributed by atoms with Gasteiger partial charge in [-0.1, -0.05) is 6.92 Å². The molecule has 0 bridgehead atoms. The molecule has 1 aliphatic heterocycles. The van der Waals surface area contributed by atoms with E-state index in [0.717, 1.165) is 29.3 Å². The van der Waals surface area contributed by atoms with E-state index in [-0.39, 0.29) is 0 Å². The first-order valence-electron chi connectivity index (χ1n) is 5.54. The SMILES string of the molecule is Cc1cc(N2CCC(C)CC2)ncc1Br. The fourth-order valence-corrected chi connectivity index (χ4v) is 2.15. The zero-order chi connectivity index (χ0) is 10.8. The monoisotopic (exact) mass is 268 g/mol. The first kappa shape index (κ1) is 10.9. The predicted octanol–water partition coefficient (Wildman–Crippen LogP) is 3.39. The molecule has 0 atom stereocenters. The molecule has 0 radical (unpaired) electrons. The van der Waals surface area contributed by atoms with Crippen LogP contribution in [0.15, 0.2) is 16.7 Å². The van der Waals surface area contributed by atoms with E-state index in [4.69, 9.17) is 0 Å². The van der Waals surface area contributed by atoms with Crippen molar-refractivity contribution in [2.75, 3.05) is 18.0 Å². The lowest BCUT2D eigenvalue weighted by Gasteiger charge is -2.31. The number of aromatic nitrogens is 1. The van der Waals surface area contributed by atoms with Gasteiger partial charge in [0, 0.05) is 23.8 Å². The molecule has 1 aromatic rings. The Balaban J connectivity index is 2.12. The van der Waals surface area contributed by atoms with E-state index in [9.17, 15) is 0 Å². The minimum Gasteiger partial charge on any atom is -0.357 e. The molecular formula is C12H17BrN2. The summed E-state index contributed by atoms with van der Waals surface area (Å²) in [6.45, 7) is 6.74. The van der Waals surface area contributed by atoms with Gasteiger partial charge >= 0.3 is 0 Å². The van der Waals surface area contributed by atoms with Gasteiger partial charge in [-0.25, -0.2) is 4.98 Å². The standard InChI is InChI=1S/C12H17BrN2/c1-9-3-5-15(6-4-9)12-7-10(2)11(13)8-14-12/h7-9H,3-6H2,1-2H3. The molecule has 3 heteroatoms. The van der Waals surface area contributed by atoms with Crippen molar-refractivity contribution >= 4 is 21.7 Å². The van der Waals surface area contributed by atoms with Gasteiger partial charge in [0.2, 0.25) is 0 Å². The highest BCUT2D eigenvalue weighted by Crippen LogP contribution is 2.24. The summed E-state index contributed by atoms with van der Waals surface area (Å²) in [5, 5.41) is 0. The van der Waals surface area contributed by atoms with Crippen LogP contribution in [0.2, 0.25) is 0 Å². The average Bonchev–Trinajstić information content (AvgIpc) is 2.23. The van der Waals surface area contributed by atoms with Gasteiger partial charge in [-0.2, -0.15) is 0 Å². The second-order valence-corrected chi connectivity index (χ2v) is 5.32. The molecule has 0 saturated carbocycles. The third-order valence-corrected chi connectivity index (χ3v) is 3.97. The molecule has 82 valence electrons. The maximum atomic E-state index is 4.47. The molecule has 2 heterocycles. The van der Waals surface area contributed by atoms with Crippen LogP contribution in [0, 0.1) is 12.8 Å². The summed E-state index contributed by atoms with van der Waals surface area (Å²) in [7, 11) is 0. The number of halogens is 1. The molecule has 1 fully saturated rings. The van der Waals surface area contributed by atoms with E-state index in [0.29, 0.717) is 0 Å². The fourth-order valence-electron chi connectivity index (χ4n) is 1.94. The van der Waals surface area contributed by atoms with Crippen LogP contribution in [0.1, 0.15) is 25.3 Å². The number of piperidine rings is 1. The highest BCUT2D eigenvalue weighted by atomic mass is 79.9. The molecule has 0 unspecified atom stereocenters. The van der Waals surface area contributed by atoms with Crippen molar-refractivity contribution in [2.24, 2.45) is 5.92 Å². The Labute approximate surface area is 99.8 Å². The molecule has 0 spiro atoms. The molecule has 0 amide bonds. The van der Waals surface area contributed by atoms with Crippen LogP contribution in [-0.2, 0) is 0 Å². The van der Waals surface area contributed by atoms with Crippen molar-refractivity contribution in [1.29, 1.82) is 0 Å². The Bertz CT molecular complexity index is 343. The minimum absolute atomic E-state index is 0.873. The highest BCUT2D eigenvalue weighted by Gasteiger charge is 2.16. The van der Waals surface area contributed by atoms with Crippen molar-refractivity contribution < 1.29 is 0 Å². The van der Waals surface area contributed by atoms with E-state index in [1.807, 2.05) is 6.20 Å². The van der Waals surface area contributed by atoms with Gasteiger partial charge in [0.25, 0.3) is 0 Å². The van der Waals surface area contributed by atoms with E-state index < -0.39 is 0 Å². The van der Waals surface area contributed by atoms with Gasteiger partial charge in [0.15, 0.2) is 0 Å². The van der Waals surface area contributed by atoms with Crippen LogP contribution < -0.4 is 4.90 Å². The van der Waals surface area contributed by atoms with Gasteiger partial charge in [-0.3, -0.25) is 0 Å². The summed E-state index contributed by atoms with van der Waals surface area (Å²) in [4.78, 5) is 6.86. The van der Waals surface area contributed by atoms with Gasteiger partial charge in [0.05, 0.1) is 0 Å². The summed E-state index contributed by atoms with van der Waals surface area (Å²) in [5.41, 5.74) is 1.26. The largest absolute Gasteiger partial charge is 0.357 e. The summed E-state index contributed by atoms with van der Waals surface area (Å²) in [6, 6.07) is 2.17. The Morgan fingerprint density at radius 1 is 1.40 bits per heavy atom. The van der Waals surface area contributed by atoms with Crippen LogP contribution >= 0.6 is 15.9 Å². The maximum absolute atomic E-state index is 4.47. The predicted molar refractivity (Wildman–Crippen MR) is 67.3 cm³/mol. The molecule has 2 nitrogen and oxygen atoms in total. The van der Waals surface area contributed by atoms with Crippen molar-refractivity contribution in [1.82, 2.24) is 4.98 Å². The number of nitrogens with zero attached hydrogens (tertiary/aromatic N) is 2. The van der Waals surface area contributed by atoms with Gasteiger partial charge in [-0.05, 0) is 53.2 Å². The molecule has 1 aromatic heterocycles. The van der Waals surface area contributed by atoms with Crippen molar-refractivity contribution in [3.8, 4) is 0 Å². The van der Waals surface area contributed by atoms with Crippen LogP contribution in [0.25, 0.3) is 0 Å². The summed E-state index contributed by atoms with van der Waals surface area (Å²) in [5.74, 6) is 2.00. The molecule has 15 heavy (non-hydrogen) atoms. The third-order valence-electron chi connectivity index (χ3n) is 3.14. The van der Waals surface area contributed by atoms with Crippen LogP contribution in [0.4, 0.5) is 5.82 Å². The van der Waals surface area contributed by atoms with Crippen LogP contribution in [0.5, 0.6) is 0 Å². The number of hydrogen-bond donors (Lipinski definition) is 0. The third kappa shape index (κ3) is 2.51. The molecule has 1 saturated heterocycles. The fraction of sp³-hybridized carbons (Fsp3) is 0.583. The van der Waals surface area contributed by atoms with Crippen LogP contribution in [0.3, 0.4) is 0 Å². The number of pyridine rings is 1. The second kappa shape index (κ2) is 4.52. The second-order valence-electron chi connectivity index (χ2n) is 4.46. The lowest BCUT2D eigenvalue weighted by molar-refractivity contribution is 0.436. The zero-order valence-electron chi connectivity index (χ0n) is 9.33. The molecule has 1 aliphatic rings. The highest BCUT2D eigenvalue weighted by molar-refractivity contribution is 9.10. The molecule has 0 aromatic carbocycles. The lowest BCUT2D eigenvalue weighted by Crippen LogP contribution is -2.33. The van der Waals surface area contributed by atoms with E-state index in [2.05, 4.69) is 45.7 Å². The van der Waals surface area contributed by atoms with Crippen molar-refractivity contribution in [2.45, 2.75) is 26.7 Å². The Kier molecular flexibility index (Phi) is 3.29. The average molecular weight is 269 g/mol. The topological polar surface area (TPSA) is 16.1 Å². The first-order valence-corrected chi connectivity index (χ1v) is 6.33.